The summed E-state index contributed by atoms with van der Waals surface area (Å²) in [5.74, 6) is -0.273. The van der Waals surface area contributed by atoms with Gasteiger partial charge in [-0.25, -0.2) is 0 Å². The van der Waals surface area contributed by atoms with E-state index in [-0.39, 0.29) is 34.8 Å². The first kappa shape index (κ1) is 58.2. The third kappa shape index (κ3) is 43.0. The summed E-state index contributed by atoms with van der Waals surface area (Å²) in [6.07, 6.45) is 33.0. The van der Waals surface area contributed by atoms with Crippen LogP contribution in [-0.2, 0) is 28.6 Å². The third-order valence-corrected chi connectivity index (χ3v) is 9.56. The Hall–Kier alpha value is -2.15. The van der Waals surface area contributed by atoms with Crippen LogP contribution in [0.3, 0.4) is 0 Å². The average molecular weight is 794 g/mol. The van der Waals surface area contributed by atoms with Crippen molar-refractivity contribution in [3.8, 4) is 0 Å². The molecule has 0 saturated carbocycles. The number of carbonyl (C=O) groups excluding carboxylic acids is 3. The van der Waals surface area contributed by atoms with Gasteiger partial charge in [-0.3, -0.25) is 14.4 Å². The molecule has 0 radical (unpaired) electrons. The number of esters is 3. The van der Waals surface area contributed by atoms with E-state index in [4.69, 9.17) is 14.2 Å². The fourth-order valence-electron chi connectivity index (χ4n) is 7.11. The molecule has 0 spiro atoms. The number of unbranched alkanes of at least 4 members (excludes halogenated alkanes) is 15. The lowest BCUT2D eigenvalue weighted by Crippen LogP contribution is -2.33. The third-order valence-electron chi connectivity index (χ3n) is 9.56. The van der Waals surface area contributed by atoms with Gasteiger partial charge in [-0.1, -0.05) is 171 Å². The van der Waals surface area contributed by atoms with Crippen LogP contribution in [0.15, 0.2) is 24.3 Å². The fraction of sp³-hybridized carbons (Fsp3) is 0.857. The zero-order valence-corrected chi connectivity index (χ0v) is 39.1. The van der Waals surface area contributed by atoms with Gasteiger partial charge in [0.05, 0.1) is 6.42 Å². The van der Waals surface area contributed by atoms with Crippen molar-refractivity contribution in [3.05, 3.63) is 24.3 Å². The second-order valence-electron chi connectivity index (χ2n) is 16.6. The molecule has 0 saturated heterocycles. The molecule has 0 aliphatic rings. The molecule has 7 nitrogen and oxygen atoms in total. The molecule has 1 unspecified atom stereocenters. The highest BCUT2D eigenvalue weighted by Gasteiger charge is 2.31. The number of hydrogen-bond acceptors (Lipinski definition) is 7. The Labute approximate surface area is 348 Å². The molecule has 0 rings (SSSR count). The minimum atomic E-state index is -0.128. The normalized spacial score (nSPS) is 12.1. The van der Waals surface area contributed by atoms with Crippen molar-refractivity contribution in [2.24, 2.45) is 10.8 Å². The van der Waals surface area contributed by atoms with Gasteiger partial charge in [0.2, 0.25) is 0 Å². The number of hydrogen-bond donors (Lipinski definition) is 1. The quantitative estimate of drug-likeness (QED) is 0.0292. The molecule has 0 aliphatic carbocycles. The van der Waals surface area contributed by atoms with Gasteiger partial charge in [0.1, 0.15) is 19.3 Å². The standard InChI is InChI=1S/C45H83NO6.2C2H6/c1-8-10-12-14-24-30-36-51-42(48)34-28-22-18-16-20-26-32-40(52-43(49)37-44(3,4)38-45(5,6)39-46-7)31-25-19-15-17-21-27-33-41(47)50-35-29-23-13-11-9-2;2*1-2/h23-24,29-30,40,46H,8-22,25-28,31-39H2,1-7H3;2*1-2H3/b29-23+,30-24+;;. The lowest BCUT2D eigenvalue weighted by molar-refractivity contribution is -0.152. The molecule has 0 amide bonds. The first-order valence-corrected chi connectivity index (χ1v) is 23.4. The minimum absolute atomic E-state index is 0.0325. The van der Waals surface area contributed by atoms with Crippen LogP contribution in [0.2, 0.25) is 0 Å². The Morgan fingerprint density at radius 2 is 0.964 bits per heavy atom. The van der Waals surface area contributed by atoms with E-state index in [0.29, 0.717) is 32.5 Å². The Morgan fingerprint density at radius 3 is 1.41 bits per heavy atom. The summed E-state index contributed by atoms with van der Waals surface area (Å²) in [6, 6.07) is 0. The lowest BCUT2D eigenvalue weighted by atomic mass is 9.73. The van der Waals surface area contributed by atoms with Crippen LogP contribution < -0.4 is 5.32 Å². The molecule has 0 aromatic rings. The van der Waals surface area contributed by atoms with Crippen molar-refractivity contribution in [2.45, 2.75) is 236 Å². The van der Waals surface area contributed by atoms with Crippen LogP contribution in [0.4, 0.5) is 0 Å². The van der Waals surface area contributed by atoms with Crippen LogP contribution in [0.1, 0.15) is 230 Å². The van der Waals surface area contributed by atoms with Crippen molar-refractivity contribution in [2.75, 3.05) is 26.8 Å². The van der Waals surface area contributed by atoms with Gasteiger partial charge in [0.25, 0.3) is 0 Å². The number of allylic oxidation sites excluding steroid dienone is 2. The van der Waals surface area contributed by atoms with Crippen LogP contribution >= 0.6 is 0 Å². The van der Waals surface area contributed by atoms with Crippen LogP contribution in [0.5, 0.6) is 0 Å². The van der Waals surface area contributed by atoms with Gasteiger partial charge >= 0.3 is 17.9 Å². The van der Waals surface area contributed by atoms with Crippen LogP contribution in [0, 0.1) is 10.8 Å². The molecule has 0 heterocycles. The van der Waals surface area contributed by atoms with Gasteiger partial charge in [-0.05, 0) is 88.6 Å². The Balaban J connectivity index is -0.00000678. The molecule has 0 aliphatic heterocycles. The van der Waals surface area contributed by atoms with Crippen molar-refractivity contribution in [1.29, 1.82) is 0 Å². The predicted octanol–water partition coefficient (Wildman–Crippen LogP) is 14.2. The first-order chi connectivity index (χ1) is 26.9. The Morgan fingerprint density at radius 1 is 0.536 bits per heavy atom. The number of nitrogens with one attached hydrogen (secondary N) is 1. The summed E-state index contributed by atoms with van der Waals surface area (Å²) >= 11 is 0. The van der Waals surface area contributed by atoms with Crippen molar-refractivity contribution in [1.82, 2.24) is 5.32 Å². The molecular formula is C49H95NO6. The Bertz CT molecular complexity index is 941. The topological polar surface area (TPSA) is 90.9 Å². The van der Waals surface area contributed by atoms with E-state index in [1.165, 1.54) is 32.1 Å². The van der Waals surface area contributed by atoms with E-state index in [2.05, 4.69) is 59.0 Å². The lowest BCUT2D eigenvalue weighted by Gasteiger charge is -2.34. The second-order valence-corrected chi connectivity index (χ2v) is 16.6. The predicted molar refractivity (Wildman–Crippen MR) is 241 cm³/mol. The fourth-order valence-corrected chi connectivity index (χ4v) is 7.11. The molecule has 1 atom stereocenters. The maximum Gasteiger partial charge on any atom is 0.306 e. The number of carbonyl (C=O) groups is 3. The maximum atomic E-state index is 13.2. The largest absolute Gasteiger partial charge is 0.462 e. The van der Waals surface area contributed by atoms with Gasteiger partial charge in [-0.2, -0.15) is 0 Å². The Kier molecular flexibility index (Phi) is 44.1. The van der Waals surface area contributed by atoms with Gasteiger partial charge in [0.15, 0.2) is 0 Å². The van der Waals surface area contributed by atoms with Gasteiger partial charge in [-0.15, -0.1) is 0 Å². The van der Waals surface area contributed by atoms with Gasteiger partial charge in [0, 0.05) is 12.8 Å². The summed E-state index contributed by atoms with van der Waals surface area (Å²) in [4.78, 5) is 37.1. The summed E-state index contributed by atoms with van der Waals surface area (Å²) in [6.45, 7) is 22.9. The second kappa shape index (κ2) is 42.5. The highest BCUT2D eigenvalue weighted by Crippen LogP contribution is 2.36. The van der Waals surface area contributed by atoms with E-state index >= 15 is 0 Å². The van der Waals surface area contributed by atoms with Crippen LogP contribution in [-0.4, -0.2) is 50.8 Å². The van der Waals surface area contributed by atoms with E-state index < -0.39 is 0 Å². The molecule has 0 aromatic heterocycles. The molecule has 7 heteroatoms. The van der Waals surface area contributed by atoms with E-state index in [1.807, 2.05) is 46.9 Å². The molecule has 0 aromatic carbocycles. The summed E-state index contributed by atoms with van der Waals surface area (Å²) in [5, 5.41) is 3.28. The van der Waals surface area contributed by atoms with E-state index in [9.17, 15) is 14.4 Å². The molecule has 1 N–H and O–H groups in total. The average Bonchev–Trinajstić information content (AvgIpc) is 3.15. The van der Waals surface area contributed by atoms with E-state index in [0.717, 1.165) is 116 Å². The van der Waals surface area contributed by atoms with Gasteiger partial charge < -0.3 is 19.5 Å². The molecular weight excluding hydrogens is 699 g/mol. The monoisotopic (exact) mass is 794 g/mol. The molecule has 0 fully saturated rings. The molecule has 56 heavy (non-hydrogen) atoms. The summed E-state index contributed by atoms with van der Waals surface area (Å²) in [5.41, 5.74) is -0.0220. The summed E-state index contributed by atoms with van der Waals surface area (Å²) in [7, 11) is 1.98. The SMILES string of the molecule is CC.CC.CCCC/C=C/COC(=O)CCCCCCCCC(CCCCCCCCC(=O)OC/C=C/CCCCC)OC(=O)CC(C)(C)CC(C)(C)CNC. The smallest absolute Gasteiger partial charge is 0.306 e. The van der Waals surface area contributed by atoms with Crippen LogP contribution in [0.25, 0.3) is 0 Å². The van der Waals surface area contributed by atoms with E-state index in [1.54, 1.807) is 0 Å². The highest BCUT2D eigenvalue weighted by molar-refractivity contribution is 5.70. The number of ether oxygens (including phenoxy) is 3. The minimum Gasteiger partial charge on any atom is -0.462 e. The summed E-state index contributed by atoms with van der Waals surface area (Å²) < 4.78 is 16.8. The maximum absolute atomic E-state index is 13.2. The van der Waals surface area contributed by atoms with Crippen molar-refractivity contribution < 1.29 is 28.6 Å². The molecule has 0 bridgehead atoms. The zero-order chi connectivity index (χ0) is 42.8. The first-order valence-electron chi connectivity index (χ1n) is 23.4. The molecule has 332 valence electrons. The zero-order valence-electron chi connectivity index (χ0n) is 39.1. The van der Waals surface area contributed by atoms with Crippen molar-refractivity contribution in [3.63, 3.8) is 0 Å². The number of rotatable bonds is 36. The highest BCUT2D eigenvalue weighted by atomic mass is 16.5. The van der Waals surface area contributed by atoms with Crippen molar-refractivity contribution >= 4 is 17.9 Å².